The molecule has 4 nitrogen and oxygen atoms in total. The van der Waals surface area contributed by atoms with E-state index in [1.807, 2.05) is 12.1 Å². The molecule has 2 heterocycles. The lowest BCUT2D eigenvalue weighted by Crippen LogP contribution is -2.28. The molecule has 2 aromatic carbocycles. The molecule has 1 aliphatic rings. The molecule has 3 aromatic rings. The summed E-state index contributed by atoms with van der Waals surface area (Å²) in [6.07, 6.45) is 3.85. The second-order valence-electron chi connectivity index (χ2n) is 6.82. The van der Waals surface area contributed by atoms with Gasteiger partial charge in [-0.1, -0.05) is 30.7 Å². The Bertz CT molecular complexity index is 940. The zero-order chi connectivity index (χ0) is 18.1. The van der Waals surface area contributed by atoms with Crippen molar-refractivity contribution >= 4 is 16.9 Å². The van der Waals surface area contributed by atoms with Crippen LogP contribution in [0, 0.1) is 5.82 Å². The van der Waals surface area contributed by atoms with E-state index in [9.17, 15) is 14.3 Å². The van der Waals surface area contributed by atoms with Crippen LogP contribution in [-0.4, -0.2) is 29.1 Å². The van der Waals surface area contributed by atoms with E-state index < -0.39 is 11.8 Å². The van der Waals surface area contributed by atoms with Crippen LogP contribution in [0.15, 0.2) is 46.9 Å². The molecular weight excluding hydrogens is 333 g/mol. The van der Waals surface area contributed by atoms with Crippen molar-refractivity contribution in [1.29, 1.82) is 0 Å². The first-order chi connectivity index (χ1) is 12.6. The van der Waals surface area contributed by atoms with E-state index >= 15 is 0 Å². The minimum absolute atomic E-state index is 0.159. The lowest BCUT2D eigenvalue weighted by molar-refractivity contribution is 0.0697. The average Bonchev–Trinajstić information content (AvgIpc) is 3.06. The monoisotopic (exact) mass is 353 g/mol. The third-order valence-corrected chi connectivity index (χ3v) is 4.90. The predicted octanol–water partition coefficient (Wildman–Crippen LogP) is 4.92. The summed E-state index contributed by atoms with van der Waals surface area (Å²) in [5.74, 6) is -1.25. The van der Waals surface area contributed by atoms with Crippen molar-refractivity contribution in [3.8, 4) is 11.3 Å². The Kier molecular flexibility index (Phi) is 4.47. The standard InChI is InChI=1S/C21H20FNO3/c22-17-10-16-11-19(26-20(16)18(12-17)21(24)25)15-6-4-14(5-7-15)13-23-8-2-1-3-9-23/h4-7,10-12H,1-3,8-9,13H2,(H,24,25). The van der Waals surface area contributed by atoms with Crippen molar-refractivity contribution in [3.63, 3.8) is 0 Å². The number of benzene rings is 2. The third-order valence-electron chi connectivity index (χ3n) is 4.90. The van der Waals surface area contributed by atoms with Gasteiger partial charge in [0.15, 0.2) is 0 Å². The van der Waals surface area contributed by atoms with E-state index in [2.05, 4.69) is 17.0 Å². The number of piperidine rings is 1. The molecule has 1 fully saturated rings. The summed E-state index contributed by atoms with van der Waals surface area (Å²) < 4.78 is 19.4. The first-order valence-corrected chi connectivity index (χ1v) is 8.88. The maximum Gasteiger partial charge on any atom is 0.339 e. The Labute approximate surface area is 150 Å². The number of nitrogens with zero attached hydrogens (tertiary/aromatic N) is 1. The summed E-state index contributed by atoms with van der Waals surface area (Å²) >= 11 is 0. The third kappa shape index (κ3) is 3.35. The van der Waals surface area contributed by atoms with Crippen LogP contribution in [0.3, 0.4) is 0 Å². The van der Waals surface area contributed by atoms with E-state index in [0.717, 1.165) is 31.3 Å². The van der Waals surface area contributed by atoms with Crippen molar-refractivity contribution in [2.75, 3.05) is 13.1 Å². The summed E-state index contributed by atoms with van der Waals surface area (Å²) in [7, 11) is 0. The zero-order valence-corrected chi connectivity index (χ0v) is 14.4. The number of hydrogen-bond donors (Lipinski definition) is 1. The second-order valence-corrected chi connectivity index (χ2v) is 6.82. The lowest BCUT2D eigenvalue weighted by Gasteiger charge is -2.26. The first kappa shape index (κ1) is 16.8. The fourth-order valence-corrected chi connectivity index (χ4v) is 3.57. The van der Waals surface area contributed by atoms with Gasteiger partial charge in [0.2, 0.25) is 0 Å². The molecule has 0 unspecified atom stereocenters. The van der Waals surface area contributed by atoms with Gasteiger partial charge in [0.25, 0.3) is 0 Å². The minimum Gasteiger partial charge on any atom is -0.478 e. The van der Waals surface area contributed by atoms with E-state index in [1.165, 1.54) is 30.9 Å². The van der Waals surface area contributed by atoms with Gasteiger partial charge in [0.05, 0.1) is 0 Å². The summed E-state index contributed by atoms with van der Waals surface area (Å²) in [5.41, 5.74) is 2.13. The molecule has 0 radical (unpaired) electrons. The number of carbonyl (C=O) groups is 1. The highest BCUT2D eigenvalue weighted by atomic mass is 19.1. The molecule has 1 aromatic heterocycles. The molecule has 5 heteroatoms. The minimum atomic E-state index is -1.20. The molecule has 26 heavy (non-hydrogen) atoms. The number of hydrogen-bond acceptors (Lipinski definition) is 3. The highest BCUT2D eigenvalue weighted by Gasteiger charge is 2.17. The SMILES string of the molecule is O=C(O)c1cc(F)cc2cc(-c3ccc(CN4CCCCC4)cc3)oc12. The fourth-order valence-electron chi connectivity index (χ4n) is 3.57. The Hall–Kier alpha value is -2.66. The van der Waals surface area contributed by atoms with Crippen LogP contribution in [-0.2, 0) is 6.54 Å². The van der Waals surface area contributed by atoms with Gasteiger partial charge in [0.1, 0.15) is 22.7 Å². The maximum atomic E-state index is 13.6. The second kappa shape index (κ2) is 6.92. The molecule has 1 saturated heterocycles. The Morgan fingerprint density at radius 1 is 1.08 bits per heavy atom. The summed E-state index contributed by atoms with van der Waals surface area (Å²) in [6.45, 7) is 3.23. The number of fused-ring (bicyclic) bond motifs is 1. The average molecular weight is 353 g/mol. The number of aromatic carboxylic acids is 1. The number of carboxylic acid groups (broad SMARTS) is 1. The molecule has 4 rings (SSSR count). The van der Waals surface area contributed by atoms with E-state index in [0.29, 0.717) is 11.1 Å². The topological polar surface area (TPSA) is 53.7 Å². The predicted molar refractivity (Wildman–Crippen MR) is 97.7 cm³/mol. The highest BCUT2D eigenvalue weighted by molar-refractivity contribution is 6.02. The van der Waals surface area contributed by atoms with Crippen LogP contribution >= 0.6 is 0 Å². The lowest BCUT2D eigenvalue weighted by atomic mass is 10.1. The number of rotatable bonds is 4. The van der Waals surface area contributed by atoms with Crippen LogP contribution in [0.5, 0.6) is 0 Å². The quantitative estimate of drug-likeness (QED) is 0.723. The van der Waals surface area contributed by atoms with Crippen LogP contribution in [0.25, 0.3) is 22.3 Å². The molecule has 0 aliphatic carbocycles. The summed E-state index contributed by atoms with van der Waals surface area (Å²) in [4.78, 5) is 13.8. The molecule has 0 bridgehead atoms. The van der Waals surface area contributed by atoms with Crippen molar-refractivity contribution in [1.82, 2.24) is 4.90 Å². The van der Waals surface area contributed by atoms with Gasteiger partial charge in [-0.05, 0) is 49.7 Å². The molecule has 1 N–H and O–H groups in total. The van der Waals surface area contributed by atoms with Gasteiger partial charge in [-0.2, -0.15) is 0 Å². The Morgan fingerprint density at radius 3 is 2.50 bits per heavy atom. The van der Waals surface area contributed by atoms with Crippen molar-refractivity contribution < 1.29 is 18.7 Å². The number of furan rings is 1. The van der Waals surface area contributed by atoms with Crippen LogP contribution in [0.4, 0.5) is 4.39 Å². The number of likely N-dealkylation sites (tertiary alicyclic amines) is 1. The molecule has 0 saturated carbocycles. The normalized spacial score (nSPS) is 15.4. The molecule has 0 amide bonds. The zero-order valence-electron chi connectivity index (χ0n) is 14.4. The molecule has 1 aliphatic heterocycles. The summed E-state index contributed by atoms with van der Waals surface area (Å²) in [6, 6.07) is 12.0. The van der Waals surface area contributed by atoms with Crippen LogP contribution in [0.2, 0.25) is 0 Å². The molecule has 134 valence electrons. The van der Waals surface area contributed by atoms with Gasteiger partial charge >= 0.3 is 5.97 Å². The van der Waals surface area contributed by atoms with Crippen LogP contribution < -0.4 is 0 Å². The first-order valence-electron chi connectivity index (χ1n) is 8.88. The Balaban J connectivity index is 1.61. The van der Waals surface area contributed by atoms with Crippen molar-refractivity contribution in [2.24, 2.45) is 0 Å². The van der Waals surface area contributed by atoms with E-state index in [-0.39, 0.29) is 11.1 Å². The molecular formula is C21H20FNO3. The number of halogens is 1. The molecule has 0 spiro atoms. The van der Waals surface area contributed by atoms with Crippen LogP contribution in [0.1, 0.15) is 35.2 Å². The van der Waals surface area contributed by atoms with Crippen molar-refractivity contribution in [3.05, 3.63) is 59.4 Å². The fraction of sp³-hybridized carbons (Fsp3) is 0.286. The number of carboxylic acids is 1. The van der Waals surface area contributed by atoms with Gasteiger partial charge in [-0.3, -0.25) is 4.90 Å². The van der Waals surface area contributed by atoms with Gasteiger partial charge in [-0.25, -0.2) is 9.18 Å². The smallest absolute Gasteiger partial charge is 0.339 e. The largest absolute Gasteiger partial charge is 0.478 e. The highest BCUT2D eigenvalue weighted by Crippen LogP contribution is 2.31. The van der Waals surface area contributed by atoms with Gasteiger partial charge < -0.3 is 9.52 Å². The van der Waals surface area contributed by atoms with Crippen molar-refractivity contribution in [2.45, 2.75) is 25.8 Å². The molecule has 0 atom stereocenters. The van der Waals surface area contributed by atoms with E-state index in [1.54, 1.807) is 6.07 Å². The van der Waals surface area contributed by atoms with Gasteiger partial charge in [-0.15, -0.1) is 0 Å². The van der Waals surface area contributed by atoms with E-state index in [4.69, 9.17) is 4.42 Å². The summed E-state index contributed by atoms with van der Waals surface area (Å²) in [5, 5.41) is 9.70. The Morgan fingerprint density at radius 2 is 1.81 bits per heavy atom. The van der Waals surface area contributed by atoms with Gasteiger partial charge in [0, 0.05) is 17.5 Å². The maximum absolute atomic E-state index is 13.6.